The van der Waals surface area contributed by atoms with Crippen LogP contribution in [0.4, 0.5) is 5.69 Å². The lowest BCUT2D eigenvalue weighted by molar-refractivity contribution is -0.914. The van der Waals surface area contributed by atoms with E-state index in [1.165, 1.54) is 16.8 Å². The third-order valence-electron chi connectivity index (χ3n) is 4.82. The number of hydrogen-bond donors (Lipinski definition) is 1. The second kappa shape index (κ2) is 7.58. The monoisotopic (exact) mass is 327 g/mol. The number of anilines is 1. The highest BCUT2D eigenvalue weighted by molar-refractivity contribution is 5.49. The summed E-state index contributed by atoms with van der Waals surface area (Å²) in [6.07, 6.45) is 0. The van der Waals surface area contributed by atoms with E-state index in [2.05, 4.69) is 42.2 Å². The number of methoxy groups -OCH3 is 2. The summed E-state index contributed by atoms with van der Waals surface area (Å²) in [7, 11) is 3.43. The first-order valence-electron chi connectivity index (χ1n) is 8.55. The van der Waals surface area contributed by atoms with Gasteiger partial charge >= 0.3 is 0 Å². The molecular weight excluding hydrogens is 300 g/mol. The van der Waals surface area contributed by atoms with E-state index in [-0.39, 0.29) is 0 Å². The van der Waals surface area contributed by atoms with Crippen molar-refractivity contribution in [3.63, 3.8) is 0 Å². The largest absolute Gasteiger partial charge is 0.497 e. The molecule has 1 aliphatic heterocycles. The SMILES string of the molecule is COc1ccc(N2CC[NH+](Cc3ccc(OC)c(C)c3)CC2)cc1. The molecule has 1 fully saturated rings. The molecule has 0 spiro atoms. The highest BCUT2D eigenvalue weighted by atomic mass is 16.5. The summed E-state index contributed by atoms with van der Waals surface area (Å²) in [5.74, 6) is 1.89. The van der Waals surface area contributed by atoms with Crippen molar-refractivity contribution in [2.75, 3.05) is 45.3 Å². The van der Waals surface area contributed by atoms with Crippen LogP contribution in [-0.4, -0.2) is 40.4 Å². The van der Waals surface area contributed by atoms with Gasteiger partial charge < -0.3 is 19.3 Å². The zero-order valence-corrected chi connectivity index (χ0v) is 14.8. The summed E-state index contributed by atoms with van der Waals surface area (Å²) in [5.41, 5.74) is 3.89. The van der Waals surface area contributed by atoms with Crippen molar-refractivity contribution in [1.29, 1.82) is 0 Å². The summed E-state index contributed by atoms with van der Waals surface area (Å²) in [6, 6.07) is 14.9. The van der Waals surface area contributed by atoms with E-state index < -0.39 is 0 Å². The standard InChI is InChI=1S/C20H26N2O2/c1-16-14-17(4-9-20(16)24-3)15-21-10-12-22(13-11-21)18-5-7-19(23-2)8-6-18/h4-9,14H,10-13,15H2,1-3H3/p+1. The summed E-state index contributed by atoms with van der Waals surface area (Å²) in [5, 5.41) is 0. The van der Waals surface area contributed by atoms with Gasteiger partial charge in [-0.2, -0.15) is 0 Å². The molecule has 0 amide bonds. The van der Waals surface area contributed by atoms with E-state index in [0.717, 1.165) is 44.2 Å². The predicted molar refractivity (Wildman–Crippen MR) is 97.3 cm³/mol. The highest BCUT2D eigenvalue weighted by Gasteiger charge is 2.20. The average Bonchev–Trinajstić information content (AvgIpc) is 2.63. The molecule has 24 heavy (non-hydrogen) atoms. The number of rotatable bonds is 5. The number of nitrogens with one attached hydrogen (secondary N) is 1. The van der Waals surface area contributed by atoms with Crippen LogP contribution in [0, 0.1) is 6.92 Å². The third-order valence-corrected chi connectivity index (χ3v) is 4.82. The number of ether oxygens (including phenoxy) is 2. The van der Waals surface area contributed by atoms with Gasteiger partial charge in [0.1, 0.15) is 18.0 Å². The summed E-state index contributed by atoms with van der Waals surface area (Å²) in [6.45, 7) is 7.71. The van der Waals surface area contributed by atoms with Crippen LogP contribution in [-0.2, 0) is 6.54 Å². The van der Waals surface area contributed by atoms with Gasteiger partial charge in [0.2, 0.25) is 0 Å². The van der Waals surface area contributed by atoms with E-state index in [1.807, 2.05) is 12.1 Å². The van der Waals surface area contributed by atoms with Crippen LogP contribution in [0.5, 0.6) is 11.5 Å². The van der Waals surface area contributed by atoms with E-state index in [1.54, 1.807) is 19.1 Å². The summed E-state index contributed by atoms with van der Waals surface area (Å²) >= 11 is 0. The summed E-state index contributed by atoms with van der Waals surface area (Å²) in [4.78, 5) is 4.10. The predicted octanol–water partition coefficient (Wildman–Crippen LogP) is 1.92. The van der Waals surface area contributed by atoms with Gasteiger partial charge in [0, 0.05) is 11.3 Å². The van der Waals surface area contributed by atoms with E-state index in [0.29, 0.717) is 0 Å². The van der Waals surface area contributed by atoms with Crippen molar-refractivity contribution in [2.24, 2.45) is 0 Å². The van der Waals surface area contributed by atoms with Crippen LogP contribution < -0.4 is 19.3 Å². The fraction of sp³-hybridized carbons (Fsp3) is 0.400. The first-order valence-corrected chi connectivity index (χ1v) is 8.55. The molecule has 4 nitrogen and oxygen atoms in total. The van der Waals surface area contributed by atoms with Gasteiger partial charge in [0.25, 0.3) is 0 Å². The van der Waals surface area contributed by atoms with E-state index >= 15 is 0 Å². The molecule has 128 valence electrons. The Labute approximate surface area is 144 Å². The fourth-order valence-corrected chi connectivity index (χ4v) is 3.39. The van der Waals surface area contributed by atoms with Crippen molar-refractivity contribution >= 4 is 5.69 Å². The molecule has 1 aliphatic rings. The van der Waals surface area contributed by atoms with Crippen molar-refractivity contribution < 1.29 is 14.4 Å². The number of nitrogens with zero attached hydrogens (tertiary/aromatic N) is 1. The molecule has 3 rings (SSSR count). The molecule has 2 aromatic rings. The molecule has 0 aromatic heterocycles. The van der Waals surface area contributed by atoms with Crippen LogP contribution >= 0.6 is 0 Å². The third kappa shape index (κ3) is 3.82. The Bertz CT molecular complexity index is 662. The summed E-state index contributed by atoms with van der Waals surface area (Å²) < 4.78 is 10.6. The Morgan fingerprint density at radius 1 is 0.958 bits per heavy atom. The Morgan fingerprint density at radius 3 is 2.25 bits per heavy atom. The zero-order valence-electron chi connectivity index (χ0n) is 14.8. The first kappa shape index (κ1) is 16.7. The smallest absolute Gasteiger partial charge is 0.121 e. The van der Waals surface area contributed by atoms with Crippen molar-refractivity contribution in [3.8, 4) is 11.5 Å². The maximum atomic E-state index is 5.35. The lowest BCUT2D eigenvalue weighted by Crippen LogP contribution is -3.13. The normalized spacial score (nSPS) is 15.4. The molecule has 0 radical (unpaired) electrons. The average molecular weight is 327 g/mol. The number of quaternary nitrogens is 1. The van der Waals surface area contributed by atoms with Crippen LogP contribution in [0.2, 0.25) is 0 Å². The second-order valence-electron chi connectivity index (χ2n) is 6.42. The number of benzene rings is 2. The second-order valence-corrected chi connectivity index (χ2v) is 6.42. The van der Waals surface area contributed by atoms with Gasteiger partial charge in [-0.1, -0.05) is 0 Å². The minimum atomic E-state index is 0.915. The molecule has 0 atom stereocenters. The maximum absolute atomic E-state index is 5.35. The molecule has 1 N–H and O–H groups in total. The van der Waals surface area contributed by atoms with Crippen LogP contribution in [0.1, 0.15) is 11.1 Å². The van der Waals surface area contributed by atoms with Crippen molar-refractivity contribution in [2.45, 2.75) is 13.5 Å². The van der Waals surface area contributed by atoms with Crippen LogP contribution in [0.25, 0.3) is 0 Å². The lowest BCUT2D eigenvalue weighted by atomic mass is 10.1. The molecule has 2 aromatic carbocycles. The quantitative estimate of drug-likeness (QED) is 0.909. The topological polar surface area (TPSA) is 26.1 Å². The number of piperazine rings is 1. The lowest BCUT2D eigenvalue weighted by Gasteiger charge is -2.33. The van der Waals surface area contributed by atoms with Gasteiger partial charge in [-0.25, -0.2) is 0 Å². The van der Waals surface area contributed by atoms with Gasteiger partial charge in [-0.05, 0) is 55.0 Å². The van der Waals surface area contributed by atoms with E-state index in [4.69, 9.17) is 9.47 Å². The Balaban J connectivity index is 1.55. The molecule has 0 saturated carbocycles. The fourth-order valence-electron chi connectivity index (χ4n) is 3.39. The van der Waals surface area contributed by atoms with Gasteiger partial charge in [0.15, 0.2) is 0 Å². The Hall–Kier alpha value is -2.20. The Kier molecular flexibility index (Phi) is 5.26. The zero-order chi connectivity index (χ0) is 16.9. The first-order chi connectivity index (χ1) is 11.7. The molecule has 1 saturated heterocycles. The van der Waals surface area contributed by atoms with Gasteiger partial charge in [-0.15, -0.1) is 0 Å². The van der Waals surface area contributed by atoms with Crippen LogP contribution in [0.15, 0.2) is 42.5 Å². The minimum Gasteiger partial charge on any atom is -0.497 e. The molecule has 0 bridgehead atoms. The van der Waals surface area contributed by atoms with Gasteiger partial charge in [0.05, 0.1) is 40.4 Å². The number of hydrogen-bond acceptors (Lipinski definition) is 3. The maximum Gasteiger partial charge on any atom is 0.121 e. The van der Waals surface area contributed by atoms with Crippen LogP contribution in [0.3, 0.4) is 0 Å². The van der Waals surface area contributed by atoms with Gasteiger partial charge in [-0.3, -0.25) is 0 Å². The molecular formula is C20H27N2O2+. The van der Waals surface area contributed by atoms with Crippen molar-refractivity contribution in [3.05, 3.63) is 53.6 Å². The molecule has 1 heterocycles. The molecule has 0 aliphatic carbocycles. The van der Waals surface area contributed by atoms with Crippen molar-refractivity contribution in [1.82, 2.24) is 0 Å². The Morgan fingerprint density at radius 2 is 1.67 bits per heavy atom. The number of aryl methyl sites for hydroxylation is 1. The highest BCUT2D eigenvalue weighted by Crippen LogP contribution is 2.20. The minimum absolute atomic E-state index is 0.915. The molecule has 4 heteroatoms. The van der Waals surface area contributed by atoms with E-state index in [9.17, 15) is 0 Å². The molecule has 0 unspecified atom stereocenters.